The second-order valence-electron chi connectivity index (χ2n) is 8.59. The van der Waals surface area contributed by atoms with E-state index < -0.39 is 11.9 Å². The van der Waals surface area contributed by atoms with Crippen LogP contribution in [0.3, 0.4) is 0 Å². The van der Waals surface area contributed by atoms with E-state index in [0.29, 0.717) is 47.0 Å². The molecule has 0 bridgehead atoms. The van der Waals surface area contributed by atoms with E-state index in [1.165, 1.54) is 39.4 Å². The number of allylic oxidation sites excluding steroid dienone is 1. The Morgan fingerprint density at radius 2 is 1.55 bits per heavy atom. The summed E-state index contributed by atoms with van der Waals surface area (Å²) in [5, 5.41) is 28.9. The SMILES string of the molecule is COc1c(C(=O)C=Cc2ccc(O)cc2)c(OCCN2CCCC2)c(OC)c2occc12.O=C([O-])C=CC(=O)[O-]. The summed E-state index contributed by atoms with van der Waals surface area (Å²) in [6.45, 7) is 3.29. The molecule has 1 N–H and O–H groups in total. The zero-order valence-electron chi connectivity index (χ0n) is 22.1. The standard InChI is InChI=1S/C25H27NO6.C4H4O4/c1-29-22-19-11-15-31-23(19)25(30-2)24(32-16-14-26-12-3-4-13-26)21(22)20(28)10-7-17-5-8-18(27)9-6-17;5-3(6)1-2-4(7)8/h5-11,15,27H,3-4,12-14,16H2,1-2H3;1-2H,(H,5,6)(H,7,8)/p-2. The number of carboxylic acids is 2. The Bertz CT molecular complexity index is 1370. The summed E-state index contributed by atoms with van der Waals surface area (Å²) in [5.41, 5.74) is 1.54. The maximum Gasteiger partial charge on any atom is 0.205 e. The largest absolute Gasteiger partial charge is 0.545 e. The topological polar surface area (TPSA) is 162 Å². The van der Waals surface area contributed by atoms with Crippen molar-refractivity contribution in [2.45, 2.75) is 12.8 Å². The molecule has 3 aromatic rings. The molecule has 212 valence electrons. The summed E-state index contributed by atoms with van der Waals surface area (Å²) in [4.78, 5) is 34.5. The molecule has 0 unspecified atom stereocenters. The summed E-state index contributed by atoms with van der Waals surface area (Å²) in [6, 6.07) is 8.33. The first kappa shape index (κ1) is 29.8. The van der Waals surface area contributed by atoms with Gasteiger partial charge in [-0.1, -0.05) is 18.2 Å². The van der Waals surface area contributed by atoms with Crippen LogP contribution in [-0.4, -0.2) is 68.2 Å². The number of benzene rings is 2. The predicted octanol–water partition coefficient (Wildman–Crippen LogP) is 1.57. The lowest BCUT2D eigenvalue weighted by molar-refractivity contribution is -0.301. The maximum atomic E-state index is 13.3. The van der Waals surface area contributed by atoms with Crippen molar-refractivity contribution < 1.29 is 48.3 Å². The van der Waals surface area contributed by atoms with Gasteiger partial charge in [0.25, 0.3) is 0 Å². The van der Waals surface area contributed by atoms with Gasteiger partial charge in [0.1, 0.15) is 23.7 Å². The molecule has 11 nitrogen and oxygen atoms in total. The number of phenolic OH excluding ortho intramolecular Hbond substituents is 1. The highest BCUT2D eigenvalue weighted by Crippen LogP contribution is 2.46. The highest BCUT2D eigenvalue weighted by atomic mass is 16.5. The van der Waals surface area contributed by atoms with Crippen molar-refractivity contribution in [2.75, 3.05) is 40.5 Å². The fourth-order valence-corrected chi connectivity index (χ4v) is 4.14. The molecule has 0 aliphatic carbocycles. The van der Waals surface area contributed by atoms with Gasteiger partial charge < -0.3 is 43.5 Å². The fraction of sp³-hybridized carbons (Fsp3) is 0.276. The first-order valence-corrected chi connectivity index (χ1v) is 12.4. The van der Waals surface area contributed by atoms with Gasteiger partial charge >= 0.3 is 0 Å². The van der Waals surface area contributed by atoms with Crippen molar-refractivity contribution in [3.8, 4) is 23.0 Å². The zero-order valence-corrected chi connectivity index (χ0v) is 22.1. The Morgan fingerprint density at radius 1 is 0.925 bits per heavy atom. The van der Waals surface area contributed by atoms with E-state index in [1.54, 1.807) is 36.4 Å². The van der Waals surface area contributed by atoms with Crippen LogP contribution in [0.4, 0.5) is 0 Å². The van der Waals surface area contributed by atoms with Crippen LogP contribution >= 0.6 is 0 Å². The Kier molecular flexibility index (Phi) is 10.7. The number of carboxylic acid groups (broad SMARTS) is 2. The van der Waals surface area contributed by atoms with Crippen molar-refractivity contribution in [3.05, 3.63) is 65.9 Å². The number of aromatic hydroxyl groups is 1. The number of hydrogen-bond donors (Lipinski definition) is 1. The molecule has 0 saturated carbocycles. The molecule has 1 aliphatic heterocycles. The number of ether oxygens (including phenoxy) is 3. The Hall–Kier alpha value is -4.77. The van der Waals surface area contributed by atoms with E-state index in [2.05, 4.69) is 4.90 Å². The number of rotatable bonds is 11. The minimum atomic E-state index is -1.55. The maximum absolute atomic E-state index is 13.3. The first-order valence-electron chi connectivity index (χ1n) is 12.4. The third kappa shape index (κ3) is 7.87. The molecule has 1 fully saturated rings. The number of ketones is 1. The second kappa shape index (κ2) is 14.4. The van der Waals surface area contributed by atoms with Crippen LogP contribution in [0.15, 0.2) is 59.2 Å². The third-order valence-electron chi connectivity index (χ3n) is 5.96. The van der Waals surface area contributed by atoms with Gasteiger partial charge in [-0.05, 0) is 67.9 Å². The highest BCUT2D eigenvalue weighted by Gasteiger charge is 2.28. The molecule has 1 aromatic heterocycles. The number of carbonyl (C=O) groups excluding carboxylic acids is 3. The lowest BCUT2D eigenvalue weighted by Crippen LogP contribution is -2.25. The Balaban J connectivity index is 0.000000482. The van der Waals surface area contributed by atoms with Crippen LogP contribution < -0.4 is 24.4 Å². The van der Waals surface area contributed by atoms with Crippen molar-refractivity contribution in [2.24, 2.45) is 0 Å². The van der Waals surface area contributed by atoms with E-state index in [1.807, 2.05) is 0 Å². The molecular weight excluding hydrogens is 522 g/mol. The van der Waals surface area contributed by atoms with Gasteiger partial charge in [-0.25, -0.2) is 0 Å². The molecule has 1 aliphatic rings. The number of fused-ring (bicyclic) bond motifs is 1. The summed E-state index contributed by atoms with van der Waals surface area (Å²) in [5.74, 6) is -2.15. The van der Waals surface area contributed by atoms with Crippen LogP contribution in [0.1, 0.15) is 28.8 Å². The van der Waals surface area contributed by atoms with E-state index in [-0.39, 0.29) is 17.1 Å². The Labute approximate surface area is 230 Å². The van der Waals surface area contributed by atoms with Crippen LogP contribution in [-0.2, 0) is 9.59 Å². The van der Waals surface area contributed by atoms with Gasteiger partial charge in [0.05, 0.1) is 37.8 Å². The monoisotopic (exact) mass is 551 g/mol. The van der Waals surface area contributed by atoms with Gasteiger partial charge in [-0.15, -0.1) is 0 Å². The molecule has 11 heteroatoms. The quantitative estimate of drug-likeness (QED) is 0.272. The van der Waals surface area contributed by atoms with E-state index in [0.717, 1.165) is 25.2 Å². The third-order valence-corrected chi connectivity index (χ3v) is 5.96. The van der Waals surface area contributed by atoms with E-state index in [9.17, 15) is 29.7 Å². The fourth-order valence-electron chi connectivity index (χ4n) is 4.14. The lowest BCUT2D eigenvalue weighted by Gasteiger charge is -2.19. The van der Waals surface area contributed by atoms with E-state index in [4.69, 9.17) is 18.6 Å². The Morgan fingerprint density at radius 3 is 2.12 bits per heavy atom. The number of furan rings is 1. The van der Waals surface area contributed by atoms with Crippen LogP contribution in [0.25, 0.3) is 17.0 Å². The molecular formula is C29H29NO10-2. The molecule has 0 atom stereocenters. The average molecular weight is 552 g/mol. The molecule has 1 saturated heterocycles. The van der Waals surface area contributed by atoms with Gasteiger partial charge in [-0.3, -0.25) is 9.69 Å². The minimum absolute atomic E-state index is 0.166. The van der Waals surface area contributed by atoms with Crippen molar-refractivity contribution in [1.82, 2.24) is 4.90 Å². The molecule has 0 radical (unpaired) electrons. The van der Waals surface area contributed by atoms with Gasteiger partial charge in [0, 0.05) is 6.54 Å². The normalized spacial score (nSPS) is 13.3. The lowest BCUT2D eigenvalue weighted by atomic mass is 10.0. The van der Waals surface area contributed by atoms with Gasteiger partial charge in [0.2, 0.25) is 5.75 Å². The van der Waals surface area contributed by atoms with Crippen LogP contribution in [0.5, 0.6) is 23.0 Å². The number of aliphatic carboxylic acids is 2. The molecule has 40 heavy (non-hydrogen) atoms. The number of likely N-dealkylation sites (tertiary alicyclic amines) is 1. The van der Waals surface area contributed by atoms with E-state index >= 15 is 0 Å². The summed E-state index contributed by atoms with van der Waals surface area (Å²) < 4.78 is 23.0. The minimum Gasteiger partial charge on any atom is -0.545 e. The number of phenols is 1. The summed E-state index contributed by atoms with van der Waals surface area (Å²) in [7, 11) is 3.04. The number of hydrogen-bond acceptors (Lipinski definition) is 11. The molecule has 0 spiro atoms. The van der Waals surface area contributed by atoms with Gasteiger partial charge in [0.15, 0.2) is 17.1 Å². The van der Waals surface area contributed by atoms with Crippen molar-refractivity contribution in [3.63, 3.8) is 0 Å². The number of methoxy groups -OCH3 is 2. The number of carbonyl (C=O) groups is 3. The predicted molar refractivity (Wildman–Crippen MR) is 141 cm³/mol. The molecule has 2 heterocycles. The smallest absolute Gasteiger partial charge is 0.205 e. The number of nitrogens with zero attached hydrogens (tertiary/aromatic N) is 1. The molecule has 4 rings (SSSR count). The van der Waals surface area contributed by atoms with Crippen LogP contribution in [0.2, 0.25) is 0 Å². The van der Waals surface area contributed by atoms with Gasteiger partial charge in [-0.2, -0.15) is 0 Å². The highest BCUT2D eigenvalue weighted by molar-refractivity contribution is 6.15. The zero-order chi connectivity index (χ0) is 29.1. The van der Waals surface area contributed by atoms with Crippen molar-refractivity contribution in [1.29, 1.82) is 0 Å². The molecule has 2 aromatic carbocycles. The van der Waals surface area contributed by atoms with Crippen LogP contribution in [0, 0.1) is 0 Å². The second-order valence-corrected chi connectivity index (χ2v) is 8.59. The first-order chi connectivity index (χ1) is 19.2. The summed E-state index contributed by atoms with van der Waals surface area (Å²) in [6.07, 6.45) is 7.84. The molecule has 0 amide bonds. The average Bonchev–Trinajstić information content (AvgIpc) is 3.63. The van der Waals surface area contributed by atoms with Crippen molar-refractivity contribution >= 4 is 34.8 Å². The summed E-state index contributed by atoms with van der Waals surface area (Å²) >= 11 is 0.